The second kappa shape index (κ2) is 9.04. The van der Waals surface area contributed by atoms with Crippen LogP contribution in [0.4, 0.5) is 0 Å². The second-order valence-electron chi connectivity index (χ2n) is 7.44. The number of rotatable bonds is 9. The smallest absolute Gasteiger partial charge is 0.230 e. The minimum absolute atomic E-state index is 0.0879. The zero-order chi connectivity index (χ0) is 22.7. The first kappa shape index (κ1) is 21.9. The zero-order valence-corrected chi connectivity index (χ0v) is 19.0. The van der Waals surface area contributed by atoms with E-state index in [-0.39, 0.29) is 18.1 Å². The van der Waals surface area contributed by atoms with Crippen molar-refractivity contribution >= 4 is 31.6 Å². The molecule has 0 aliphatic rings. The molecule has 2 aromatic heterocycles. The van der Waals surface area contributed by atoms with E-state index in [1.54, 1.807) is 26.2 Å². The van der Waals surface area contributed by atoms with Gasteiger partial charge in [-0.25, -0.2) is 18.4 Å². The Morgan fingerprint density at radius 2 is 1.91 bits per heavy atom. The quantitative estimate of drug-likeness (QED) is 0.373. The van der Waals surface area contributed by atoms with Crippen molar-refractivity contribution in [3.8, 4) is 23.1 Å². The highest BCUT2D eigenvalue weighted by molar-refractivity contribution is 7.91. The van der Waals surface area contributed by atoms with Gasteiger partial charge in [0.2, 0.25) is 5.88 Å². The van der Waals surface area contributed by atoms with Gasteiger partial charge in [-0.15, -0.1) is 0 Å². The minimum atomic E-state index is -3.02. The Bertz CT molecular complexity index is 1370. The lowest BCUT2D eigenvalue weighted by Gasteiger charge is -2.13. The normalized spacial score (nSPS) is 11.7. The molecule has 2 aromatic carbocycles. The van der Waals surface area contributed by atoms with Crippen LogP contribution in [0.2, 0.25) is 0 Å². The van der Waals surface area contributed by atoms with Crippen LogP contribution in [0.15, 0.2) is 42.7 Å². The van der Waals surface area contributed by atoms with E-state index in [0.29, 0.717) is 40.5 Å². The van der Waals surface area contributed by atoms with Crippen LogP contribution in [-0.2, 0) is 9.84 Å². The second-order valence-corrected chi connectivity index (χ2v) is 9.91. The zero-order valence-electron chi connectivity index (χ0n) is 18.2. The number of sulfone groups is 1. The number of fused-ring (bicyclic) bond motifs is 2. The molecule has 0 radical (unpaired) electrons. The highest BCUT2D eigenvalue weighted by Gasteiger charge is 2.14. The van der Waals surface area contributed by atoms with Gasteiger partial charge in [0.25, 0.3) is 0 Å². The average molecular weight is 456 g/mol. The molecule has 0 bridgehead atoms. The lowest BCUT2D eigenvalue weighted by molar-refractivity contribution is 0.295. The van der Waals surface area contributed by atoms with Crippen LogP contribution in [0.5, 0.6) is 23.1 Å². The van der Waals surface area contributed by atoms with E-state index in [1.165, 1.54) is 6.33 Å². The van der Waals surface area contributed by atoms with E-state index in [9.17, 15) is 8.42 Å². The summed E-state index contributed by atoms with van der Waals surface area (Å²) in [5, 5.41) is 1.73. The Balaban J connectivity index is 1.58. The maximum atomic E-state index is 11.7. The van der Waals surface area contributed by atoms with E-state index in [4.69, 9.17) is 14.2 Å². The van der Waals surface area contributed by atoms with Crippen molar-refractivity contribution in [2.24, 2.45) is 0 Å². The molecular weight excluding hydrogens is 430 g/mol. The highest BCUT2D eigenvalue weighted by atomic mass is 32.2. The Morgan fingerprint density at radius 1 is 1.06 bits per heavy atom. The number of H-pyrrole nitrogens is 1. The highest BCUT2D eigenvalue weighted by Crippen LogP contribution is 2.36. The van der Waals surface area contributed by atoms with Crippen molar-refractivity contribution < 1.29 is 22.6 Å². The summed E-state index contributed by atoms with van der Waals surface area (Å²) in [6.45, 7) is 3.90. The van der Waals surface area contributed by atoms with Gasteiger partial charge in [-0.3, -0.25) is 0 Å². The third kappa shape index (κ3) is 4.77. The molecule has 8 nitrogen and oxygen atoms in total. The number of nitrogens with one attached hydrogen (secondary N) is 1. The van der Waals surface area contributed by atoms with Gasteiger partial charge in [0.05, 0.1) is 30.4 Å². The molecule has 9 heteroatoms. The maximum absolute atomic E-state index is 11.7. The number of hydrogen-bond donors (Lipinski definition) is 1. The van der Waals surface area contributed by atoms with E-state index in [0.717, 1.165) is 16.6 Å². The molecule has 0 saturated heterocycles. The van der Waals surface area contributed by atoms with Crippen molar-refractivity contribution in [3.63, 3.8) is 0 Å². The van der Waals surface area contributed by atoms with Crippen LogP contribution in [0.3, 0.4) is 0 Å². The number of hydrogen-bond acceptors (Lipinski definition) is 7. The molecule has 0 saturated carbocycles. The van der Waals surface area contributed by atoms with Crippen molar-refractivity contribution in [1.29, 1.82) is 0 Å². The van der Waals surface area contributed by atoms with Gasteiger partial charge < -0.3 is 19.2 Å². The van der Waals surface area contributed by atoms with Crippen LogP contribution in [0, 0.1) is 6.92 Å². The fourth-order valence-electron chi connectivity index (χ4n) is 3.43. The summed E-state index contributed by atoms with van der Waals surface area (Å²) < 4.78 is 40.7. The predicted octanol–water partition coefficient (Wildman–Crippen LogP) is 4.42. The Labute approximate surface area is 186 Å². The van der Waals surface area contributed by atoms with E-state index >= 15 is 0 Å². The van der Waals surface area contributed by atoms with Crippen molar-refractivity contribution in [2.75, 3.05) is 25.2 Å². The van der Waals surface area contributed by atoms with E-state index in [2.05, 4.69) is 21.0 Å². The van der Waals surface area contributed by atoms with Crippen LogP contribution >= 0.6 is 0 Å². The van der Waals surface area contributed by atoms with Crippen LogP contribution < -0.4 is 14.2 Å². The first-order valence-electron chi connectivity index (χ1n) is 10.3. The molecular formula is C23H25N3O5S. The number of methoxy groups -OCH3 is 1. The molecule has 0 amide bonds. The molecule has 0 unspecified atom stereocenters. The molecule has 32 heavy (non-hydrogen) atoms. The number of nitrogens with zero attached hydrogens (tertiary/aromatic N) is 2. The first-order valence-corrected chi connectivity index (χ1v) is 12.1. The number of aryl methyl sites for hydroxylation is 1. The molecule has 0 aliphatic heterocycles. The lowest BCUT2D eigenvalue weighted by atomic mass is 10.2. The summed E-state index contributed by atoms with van der Waals surface area (Å²) in [6.07, 6.45) is 1.83. The maximum Gasteiger partial charge on any atom is 0.230 e. The summed E-state index contributed by atoms with van der Waals surface area (Å²) in [7, 11) is -1.48. The van der Waals surface area contributed by atoms with Gasteiger partial charge in [-0.05, 0) is 43.7 Å². The first-order chi connectivity index (χ1) is 15.4. The number of ether oxygens (including phenoxy) is 3. The summed E-state index contributed by atoms with van der Waals surface area (Å²) in [4.78, 5) is 11.9. The van der Waals surface area contributed by atoms with Gasteiger partial charge in [0.15, 0.2) is 11.5 Å². The minimum Gasteiger partial charge on any atom is -0.493 e. The fraction of sp³-hybridized carbons (Fsp3) is 0.304. The summed E-state index contributed by atoms with van der Waals surface area (Å²) >= 11 is 0. The van der Waals surface area contributed by atoms with Crippen LogP contribution in [0.1, 0.15) is 19.0 Å². The summed E-state index contributed by atoms with van der Waals surface area (Å²) in [6, 6.07) is 11.4. The van der Waals surface area contributed by atoms with Crippen molar-refractivity contribution in [1.82, 2.24) is 15.0 Å². The molecule has 2 heterocycles. The predicted molar refractivity (Wildman–Crippen MR) is 124 cm³/mol. The third-order valence-corrected chi connectivity index (χ3v) is 6.91. The molecule has 0 spiro atoms. The average Bonchev–Trinajstić information content (AvgIpc) is 3.15. The van der Waals surface area contributed by atoms with Gasteiger partial charge in [-0.1, -0.05) is 6.92 Å². The van der Waals surface area contributed by atoms with Crippen molar-refractivity contribution in [2.45, 2.75) is 20.3 Å². The third-order valence-electron chi connectivity index (χ3n) is 5.12. The van der Waals surface area contributed by atoms with Gasteiger partial charge in [0, 0.05) is 28.4 Å². The molecule has 4 aromatic rings. The van der Waals surface area contributed by atoms with Gasteiger partial charge in [-0.2, -0.15) is 0 Å². The monoisotopic (exact) mass is 455 g/mol. The molecule has 1 N–H and O–H groups in total. The van der Waals surface area contributed by atoms with Crippen LogP contribution in [-0.4, -0.2) is 48.6 Å². The van der Waals surface area contributed by atoms with E-state index < -0.39 is 9.84 Å². The SMILES string of the molecule is CCS(=O)(=O)CCCOc1cc2ncnc(Oc3ccc4[nH]c(C)cc4c3)c2cc1OC. The molecule has 0 fully saturated rings. The Morgan fingerprint density at radius 3 is 2.69 bits per heavy atom. The lowest BCUT2D eigenvalue weighted by Crippen LogP contribution is -2.12. The van der Waals surface area contributed by atoms with Crippen molar-refractivity contribution in [3.05, 3.63) is 48.4 Å². The van der Waals surface area contributed by atoms with E-state index in [1.807, 2.05) is 25.1 Å². The number of aromatic nitrogens is 3. The molecule has 0 aliphatic carbocycles. The number of benzene rings is 2. The molecule has 0 atom stereocenters. The van der Waals surface area contributed by atoms with Gasteiger partial charge in [0.1, 0.15) is 21.9 Å². The van der Waals surface area contributed by atoms with Crippen LogP contribution in [0.25, 0.3) is 21.8 Å². The Hall–Kier alpha value is -3.33. The molecule has 168 valence electrons. The largest absolute Gasteiger partial charge is 0.493 e. The summed E-state index contributed by atoms with van der Waals surface area (Å²) in [5.41, 5.74) is 2.75. The fourth-order valence-corrected chi connectivity index (χ4v) is 4.28. The number of aromatic amines is 1. The summed E-state index contributed by atoms with van der Waals surface area (Å²) in [5.74, 6) is 2.26. The Kier molecular flexibility index (Phi) is 6.18. The molecule has 4 rings (SSSR count). The standard InChI is InChI=1S/C23H25N3O5S/c1-4-32(27,28)9-5-8-30-22-13-20-18(12-21(22)29-3)23(25-14-24-20)31-17-6-7-19-16(11-17)10-15(2)26-19/h6-7,10-14,26H,4-5,8-9H2,1-3H3. The topological polar surface area (TPSA) is 103 Å². The van der Waals surface area contributed by atoms with Gasteiger partial charge >= 0.3 is 0 Å².